The molecule has 2 atom stereocenters. The summed E-state index contributed by atoms with van der Waals surface area (Å²) in [6, 6.07) is 19.3. The highest BCUT2D eigenvalue weighted by Gasteiger charge is 2.18. The Morgan fingerprint density at radius 1 is 0.875 bits per heavy atom. The van der Waals surface area contributed by atoms with Crippen molar-refractivity contribution in [1.29, 1.82) is 0 Å². The second-order valence-electron chi connectivity index (χ2n) is 7.35. The molecule has 0 heterocycles. The molecule has 0 fully saturated rings. The van der Waals surface area contributed by atoms with Crippen molar-refractivity contribution in [3.63, 3.8) is 0 Å². The third-order valence-corrected chi connectivity index (χ3v) is 5.03. The van der Waals surface area contributed by atoms with Gasteiger partial charge in [-0.25, -0.2) is 4.39 Å². The molecular formula is C25H26FN3O3. The van der Waals surface area contributed by atoms with E-state index in [-0.39, 0.29) is 23.7 Å². The van der Waals surface area contributed by atoms with Gasteiger partial charge in [-0.15, -0.1) is 0 Å². The van der Waals surface area contributed by atoms with Crippen LogP contribution in [0.4, 0.5) is 15.8 Å². The zero-order valence-electron chi connectivity index (χ0n) is 18.2. The van der Waals surface area contributed by atoms with E-state index in [1.54, 1.807) is 74.5 Å². The van der Waals surface area contributed by atoms with Crippen molar-refractivity contribution in [2.45, 2.75) is 25.9 Å². The average molecular weight is 435 g/mol. The minimum Gasteiger partial charge on any atom is -0.495 e. The summed E-state index contributed by atoms with van der Waals surface area (Å²) in [5, 5.41) is 8.70. The smallest absolute Gasteiger partial charge is 0.255 e. The van der Waals surface area contributed by atoms with Crippen molar-refractivity contribution in [3.8, 4) is 5.75 Å². The molecule has 3 aromatic carbocycles. The van der Waals surface area contributed by atoms with Crippen LogP contribution in [0.2, 0.25) is 0 Å². The maximum Gasteiger partial charge on any atom is 0.255 e. The molecule has 0 unspecified atom stereocenters. The van der Waals surface area contributed by atoms with E-state index in [2.05, 4.69) is 16.0 Å². The van der Waals surface area contributed by atoms with Crippen LogP contribution >= 0.6 is 0 Å². The second-order valence-corrected chi connectivity index (χ2v) is 7.35. The van der Waals surface area contributed by atoms with Crippen molar-refractivity contribution in [2.75, 3.05) is 17.7 Å². The summed E-state index contributed by atoms with van der Waals surface area (Å²) in [7, 11) is 1.54. The number of para-hydroxylation sites is 2. The Morgan fingerprint density at radius 2 is 1.53 bits per heavy atom. The Bertz CT molecular complexity index is 1090. The van der Waals surface area contributed by atoms with Crippen LogP contribution in [0.1, 0.15) is 35.8 Å². The van der Waals surface area contributed by atoms with E-state index in [1.165, 1.54) is 13.2 Å². The maximum atomic E-state index is 13.9. The van der Waals surface area contributed by atoms with E-state index in [1.807, 2.05) is 6.07 Å². The minimum atomic E-state index is -0.557. The number of hydrogen-bond acceptors (Lipinski definition) is 4. The molecule has 3 aromatic rings. The number of amides is 2. The molecule has 0 saturated heterocycles. The van der Waals surface area contributed by atoms with Crippen molar-refractivity contribution in [3.05, 3.63) is 89.7 Å². The Morgan fingerprint density at radius 3 is 2.22 bits per heavy atom. The number of hydrogen-bond donors (Lipinski definition) is 3. The summed E-state index contributed by atoms with van der Waals surface area (Å²) >= 11 is 0. The zero-order chi connectivity index (χ0) is 23.1. The molecule has 7 heteroatoms. The summed E-state index contributed by atoms with van der Waals surface area (Å²) in [6.45, 7) is 3.51. The van der Waals surface area contributed by atoms with Crippen LogP contribution in [0.5, 0.6) is 5.75 Å². The Labute approximate surface area is 186 Å². The SMILES string of the molecule is COc1ccccc1NC(=O)c1ccc(NC(=O)[C@@H](C)N[C@H](C)c2ccccc2F)cc1. The third kappa shape index (κ3) is 5.70. The van der Waals surface area contributed by atoms with E-state index >= 15 is 0 Å². The van der Waals surface area contributed by atoms with Gasteiger partial charge < -0.3 is 15.4 Å². The number of benzene rings is 3. The molecule has 0 aliphatic carbocycles. The molecule has 0 saturated carbocycles. The number of carbonyl (C=O) groups is 2. The summed E-state index contributed by atoms with van der Waals surface area (Å²) < 4.78 is 19.2. The largest absolute Gasteiger partial charge is 0.495 e. The number of nitrogens with one attached hydrogen (secondary N) is 3. The van der Waals surface area contributed by atoms with E-state index in [9.17, 15) is 14.0 Å². The van der Waals surface area contributed by atoms with Crippen molar-refractivity contribution < 1.29 is 18.7 Å². The Balaban J connectivity index is 1.58. The van der Waals surface area contributed by atoms with Gasteiger partial charge in [-0.1, -0.05) is 30.3 Å². The van der Waals surface area contributed by atoms with Gasteiger partial charge in [-0.3, -0.25) is 14.9 Å². The zero-order valence-corrected chi connectivity index (χ0v) is 18.2. The first kappa shape index (κ1) is 23.0. The van der Waals surface area contributed by atoms with E-state index in [0.717, 1.165) is 0 Å². The van der Waals surface area contributed by atoms with Crippen molar-refractivity contribution >= 4 is 23.2 Å². The predicted octanol–water partition coefficient (Wildman–Crippen LogP) is 4.76. The monoisotopic (exact) mass is 435 g/mol. The van der Waals surface area contributed by atoms with Crippen molar-refractivity contribution in [1.82, 2.24) is 5.32 Å². The van der Waals surface area contributed by atoms with Crippen LogP contribution in [0.25, 0.3) is 0 Å². The third-order valence-electron chi connectivity index (χ3n) is 5.03. The lowest BCUT2D eigenvalue weighted by molar-refractivity contribution is -0.117. The van der Waals surface area contributed by atoms with E-state index < -0.39 is 6.04 Å². The lowest BCUT2D eigenvalue weighted by atomic mass is 10.1. The van der Waals surface area contributed by atoms with Gasteiger partial charge in [0, 0.05) is 22.9 Å². The minimum absolute atomic E-state index is 0.264. The molecule has 0 aliphatic rings. The lowest BCUT2D eigenvalue weighted by Gasteiger charge is -2.20. The molecular weight excluding hydrogens is 409 g/mol. The number of carbonyl (C=O) groups excluding carboxylic acids is 2. The van der Waals surface area contributed by atoms with Crippen LogP contribution < -0.4 is 20.7 Å². The fraction of sp³-hybridized carbons (Fsp3) is 0.200. The van der Waals surface area contributed by atoms with Gasteiger partial charge in [-0.2, -0.15) is 0 Å². The number of rotatable bonds is 8. The number of methoxy groups -OCH3 is 1. The molecule has 0 spiro atoms. The Hall–Kier alpha value is -3.71. The van der Waals surface area contributed by atoms with E-state index in [0.29, 0.717) is 28.3 Å². The van der Waals surface area contributed by atoms with Gasteiger partial charge >= 0.3 is 0 Å². The number of halogens is 1. The standard InChI is InChI=1S/C25H26FN3O3/c1-16(20-8-4-5-9-21(20)26)27-17(2)24(30)28-19-14-12-18(13-15-19)25(31)29-22-10-6-7-11-23(22)32-3/h4-17,27H,1-3H3,(H,28,30)(H,29,31)/t16-,17-/m1/s1. The second kappa shape index (κ2) is 10.5. The van der Waals surface area contributed by atoms with Gasteiger partial charge in [0.2, 0.25) is 5.91 Å². The quantitative estimate of drug-likeness (QED) is 0.476. The normalized spacial score (nSPS) is 12.5. The highest BCUT2D eigenvalue weighted by Crippen LogP contribution is 2.24. The number of ether oxygens (including phenoxy) is 1. The molecule has 0 bridgehead atoms. The fourth-order valence-electron chi connectivity index (χ4n) is 3.26. The van der Waals surface area contributed by atoms with Crippen LogP contribution in [0.3, 0.4) is 0 Å². The van der Waals surface area contributed by atoms with Crippen LogP contribution in [-0.2, 0) is 4.79 Å². The summed E-state index contributed by atoms with van der Waals surface area (Å²) in [6.07, 6.45) is 0. The summed E-state index contributed by atoms with van der Waals surface area (Å²) in [4.78, 5) is 25.0. The van der Waals surface area contributed by atoms with Gasteiger partial charge in [0.25, 0.3) is 5.91 Å². The molecule has 0 radical (unpaired) electrons. The van der Waals surface area contributed by atoms with Gasteiger partial charge in [0.15, 0.2) is 0 Å². The first-order valence-corrected chi connectivity index (χ1v) is 10.2. The number of anilines is 2. The Kier molecular flexibility index (Phi) is 7.57. The fourth-order valence-corrected chi connectivity index (χ4v) is 3.26. The molecule has 0 aromatic heterocycles. The maximum absolute atomic E-state index is 13.9. The van der Waals surface area contributed by atoms with Crippen LogP contribution in [0.15, 0.2) is 72.8 Å². The van der Waals surface area contributed by atoms with Gasteiger partial charge in [0.1, 0.15) is 11.6 Å². The lowest BCUT2D eigenvalue weighted by Crippen LogP contribution is -2.39. The molecule has 0 aliphatic heterocycles. The first-order valence-electron chi connectivity index (χ1n) is 10.2. The van der Waals surface area contributed by atoms with E-state index in [4.69, 9.17) is 4.74 Å². The topological polar surface area (TPSA) is 79.5 Å². The molecule has 3 rings (SSSR count). The van der Waals surface area contributed by atoms with Gasteiger partial charge in [-0.05, 0) is 56.3 Å². The summed E-state index contributed by atoms with van der Waals surface area (Å²) in [5.41, 5.74) is 2.06. The first-order chi connectivity index (χ1) is 15.4. The highest BCUT2D eigenvalue weighted by atomic mass is 19.1. The van der Waals surface area contributed by atoms with Crippen molar-refractivity contribution in [2.24, 2.45) is 0 Å². The highest BCUT2D eigenvalue weighted by molar-refractivity contribution is 6.05. The van der Waals surface area contributed by atoms with Gasteiger partial charge in [0.05, 0.1) is 18.8 Å². The average Bonchev–Trinajstić information content (AvgIpc) is 2.80. The molecule has 6 nitrogen and oxygen atoms in total. The molecule has 3 N–H and O–H groups in total. The predicted molar refractivity (Wildman–Crippen MR) is 123 cm³/mol. The van der Waals surface area contributed by atoms with Crippen LogP contribution in [-0.4, -0.2) is 25.0 Å². The summed E-state index contributed by atoms with van der Waals surface area (Å²) in [5.74, 6) is -0.307. The molecule has 2 amide bonds. The molecule has 166 valence electrons. The molecule has 32 heavy (non-hydrogen) atoms. The van der Waals surface area contributed by atoms with Crippen LogP contribution in [0, 0.1) is 5.82 Å².